The van der Waals surface area contributed by atoms with Crippen LogP contribution >= 0.6 is 7.92 Å². The molecule has 3 aromatic carbocycles. The van der Waals surface area contributed by atoms with E-state index in [-0.39, 0.29) is 51.1 Å². The molecule has 4 heteroatoms. The Morgan fingerprint density at radius 3 is 1.61 bits per heavy atom. The number of nitrogens with one attached hydrogen (secondary N) is 1. The molecule has 232 valence electrons. The molecule has 0 unspecified atom stereocenters. The summed E-state index contributed by atoms with van der Waals surface area (Å²) in [7, 11) is -0.366. The van der Waals surface area contributed by atoms with E-state index >= 15 is 0 Å². The van der Waals surface area contributed by atoms with Crippen LogP contribution in [0.25, 0.3) is 16.9 Å². The molecule has 3 aromatic rings. The van der Waals surface area contributed by atoms with Gasteiger partial charge < -0.3 is 18.1 Å². The third-order valence-corrected chi connectivity index (χ3v) is 10.6. The third kappa shape index (κ3) is 11.2. The molecule has 0 aliphatic heterocycles. The Balaban J connectivity index is 0.00000124. The first-order valence-corrected chi connectivity index (χ1v) is 16.1. The summed E-state index contributed by atoms with van der Waals surface area (Å²) in [5, 5.41) is 2.06. The molecule has 0 spiro atoms. The molecule has 3 rings (SSSR count). The van der Waals surface area contributed by atoms with Crippen molar-refractivity contribution in [1.82, 2.24) is 0 Å². The van der Waals surface area contributed by atoms with Crippen LogP contribution in [-0.2, 0) is 26.8 Å². The van der Waals surface area contributed by atoms with E-state index in [9.17, 15) is 0 Å². The average Bonchev–Trinajstić information content (AvgIpc) is 2.83. The molecule has 0 bridgehead atoms. The fourth-order valence-corrected chi connectivity index (χ4v) is 9.72. The van der Waals surface area contributed by atoms with Crippen molar-refractivity contribution in [3.05, 3.63) is 94.7 Å². The van der Waals surface area contributed by atoms with Crippen LogP contribution in [0.3, 0.4) is 0 Å². The number of hydrogen-bond acceptors (Lipinski definition) is 0. The Bertz CT molecular complexity index is 1130. The molecular formula is C37H54ClNPPd-3. The second-order valence-electron chi connectivity index (χ2n) is 13.6. The van der Waals surface area contributed by atoms with E-state index < -0.39 is 0 Å². The molecule has 0 aliphatic carbocycles. The first-order valence-electron chi connectivity index (χ1n) is 14.8. The number of rotatable bonds is 7. The third-order valence-electron chi connectivity index (χ3n) is 7.06. The molecule has 0 saturated carbocycles. The van der Waals surface area contributed by atoms with Gasteiger partial charge >= 0.3 is 0 Å². The molecule has 0 fully saturated rings. The van der Waals surface area contributed by atoms with Gasteiger partial charge in [0.1, 0.15) is 0 Å². The van der Waals surface area contributed by atoms with Crippen molar-refractivity contribution >= 4 is 13.2 Å². The van der Waals surface area contributed by atoms with Crippen molar-refractivity contribution in [2.24, 2.45) is 0 Å². The molecule has 1 nitrogen and oxygen atoms in total. The number of hydrogen-bond donors (Lipinski definition) is 0. The SMILES string of the molecule is CC(C)c1cc(C(C)C)c(-c2ccccc2P(C(C)(C)C)C(C)(C)C)c(C(C)C)c1.[Cl-].[NH-]CCc1[c-]cccc1.[Pd]. The summed E-state index contributed by atoms with van der Waals surface area (Å²) in [5.74, 6) is 1.55. The van der Waals surface area contributed by atoms with E-state index in [1.807, 2.05) is 24.3 Å². The summed E-state index contributed by atoms with van der Waals surface area (Å²) in [6.45, 7) is 29.1. The van der Waals surface area contributed by atoms with Gasteiger partial charge in [0, 0.05) is 20.4 Å². The predicted octanol–water partition coefficient (Wildman–Crippen LogP) is 8.51. The normalized spacial score (nSPS) is 11.7. The summed E-state index contributed by atoms with van der Waals surface area (Å²) in [5.41, 5.74) is 15.5. The van der Waals surface area contributed by atoms with Crippen LogP contribution in [0.4, 0.5) is 0 Å². The topological polar surface area (TPSA) is 23.8 Å². The second kappa shape index (κ2) is 17.3. The Morgan fingerprint density at radius 1 is 0.732 bits per heavy atom. The first kappa shape index (κ1) is 40.0. The van der Waals surface area contributed by atoms with Crippen LogP contribution in [0.5, 0.6) is 0 Å². The molecular weight excluding hydrogens is 631 g/mol. The van der Waals surface area contributed by atoms with Crippen LogP contribution in [-0.4, -0.2) is 16.9 Å². The minimum Gasteiger partial charge on any atom is -1.00 e. The maximum atomic E-state index is 6.92. The smallest absolute Gasteiger partial charge is 0 e. The minimum absolute atomic E-state index is 0. The number of benzene rings is 3. The zero-order chi connectivity index (χ0) is 29.5. The summed E-state index contributed by atoms with van der Waals surface area (Å²) >= 11 is 0. The van der Waals surface area contributed by atoms with Crippen LogP contribution in [0, 0.1) is 6.07 Å². The van der Waals surface area contributed by atoms with Gasteiger partial charge in [0.15, 0.2) is 0 Å². The molecule has 0 atom stereocenters. The van der Waals surface area contributed by atoms with Gasteiger partial charge in [-0.25, -0.2) is 0 Å². The molecule has 41 heavy (non-hydrogen) atoms. The van der Waals surface area contributed by atoms with Gasteiger partial charge in [-0.1, -0.05) is 134 Å². The minimum atomic E-state index is -0.366. The largest absolute Gasteiger partial charge is 1.00 e. The van der Waals surface area contributed by atoms with E-state index in [1.165, 1.54) is 27.8 Å². The predicted molar refractivity (Wildman–Crippen MR) is 178 cm³/mol. The number of halogens is 1. The van der Waals surface area contributed by atoms with Crippen molar-refractivity contribution in [2.45, 2.75) is 118 Å². The summed E-state index contributed by atoms with van der Waals surface area (Å²) < 4.78 is 0. The fourth-order valence-electron chi connectivity index (χ4n) is 5.60. The average molecular weight is 686 g/mol. The molecule has 0 saturated heterocycles. The summed E-state index contributed by atoms with van der Waals surface area (Å²) in [6, 6.07) is 25.1. The van der Waals surface area contributed by atoms with Crippen molar-refractivity contribution in [1.29, 1.82) is 0 Å². The molecule has 0 radical (unpaired) electrons. The monoisotopic (exact) mass is 684 g/mol. The quantitative estimate of drug-likeness (QED) is 0.135. The molecule has 1 N–H and O–H groups in total. The van der Waals surface area contributed by atoms with Crippen LogP contribution < -0.4 is 17.7 Å². The van der Waals surface area contributed by atoms with Gasteiger partial charge in [0.2, 0.25) is 0 Å². The molecule has 0 aliphatic rings. The van der Waals surface area contributed by atoms with Crippen molar-refractivity contribution in [3.8, 4) is 11.1 Å². The van der Waals surface area contributed by atoms with Gasteiger partial charge in [0.05, 0.1) is 0 Å². The maximum absolute atomic E-state index is 6.92. The van der Waals surface area contributed by atoms with Gasteiger partial charge in [-0.2, -0.15) is 35.9 Å². The fraction of sp³-hybridized carbons (Fsp3) is 0.514. The molecule has 0 heterocycles. The molecule has 0 aromatic heterocycles. The standard InChI is InChI=1S/C29H45P.C8H9N.ClH.Pd/c1-19(2)22-17-24(20(3)4)27(25(18-22)21(5)6)23-15-13-14-16-26(23)30(28(7,8)9)29(10,11)12;9-7-6-8-4-2-1-3-5-8;;/h13-21H,1-12H3;1-4,9H,6-7H2;1H;/q;-2;;/p-1. The van der Waals surface area contributed by atoms with Gasteiger partial charge in [-0.05, 0) is 61.2 Å². The van der Waals surface area contributed by atoms with E-state index in [2.05, 4.69) is 126 Å². The zero-order valence-electron chi connectivity index (χ0n) is 27.6. The van der Waals surface area contributed by atoms with Gasteiger partial charge in [0.25, 0.3) is 0 Å². The van der Waals surface area contributed by atoms with Crippen molar-refractivity contribution in [3.63, 3.8) is 0 Å². The second-order valence-corrected chi connectivity index (χ2v) is 17.5. The van der Waals surface area contributed by atoms with Crippen LogP contribution in [0.15, 0.2) is 60.7 Å². The first-order chi connectivity index (χ1) is 18.1. The molecule has 0 amide bonds. The van der Waals surface area contributed by atoms with Gasteiger partial charge in [-0.3, -0.25) is 0 Å². The van der Waals surface area contributed by atoms with Crippen molar-refractivity contribution in [2.75, 3.05) is 6.54 Å². The maximum Gasteiger partial charge on any atom is 0 e. The van der Waals surface area contributed by atoms with E-state index in [4.69, 9.17) is 5.73 Å². The Labute approximate surface area is 274 Å². The van der Waals surface area contributed by atoms with E-state index in [0.717, 1.165) is 12.0 Å². The van der Waals surface area contributed by atoms with Crippen molar-refractivity contribution < 1.29 is 32.8 Å². The Hall–Kier alpha value is -0.998. The van der Waals surface area contributed by atoms with E-state index in [0.29, 0.717) is 24.3 Å². The summed E-state index contributed by atoms with van der Waals surface area (Å²) in [4.78, 5) is 0. The zero-order valence-corrected chi connectivity index (χ0v) is 30.8. The Kier molecular flexibility index (Phi) is 16.9. The van der Waals surface area contributed by atoms with Crippen LogP contribution in [0.2, 0.25) is 0 Å². The van der Waals surface area contributed by atoms with Crippen LogP contribution in [0.1, 0.15) is 123 Å². The Morgan fingerprint density at radius 2 is 1.22 bits per heavy atom. The summed E-state index contributed by atoms with van der Waals surface area (Å²) in [6.07, 6.45) is 0.820. The van der Waals surface area contributed by atoms with E-state index in [1.54, 1.807) is 5.30 Å². The van der Waals surface area contributed by atoms with Gasteiger partial charge in [-0.15, -0.1) is 6.54 Å².